The van der Waals surface area contributed by atoms with Crippen LogP contribution in [0.15, 0.2) is 30.3 Å². The number of piperazine rings is 1. The molecule has 1 heterocycles. The van der Waals surface area contributed by atoms with Gasteiger partial charge in [0.05, 0.1) is 6.61 Å². The van der Waals surface area contributed by atoms with E-state index < -0.39 is 5.60 Å². The van der Waals surface area contributed by atoms with Crippen molar-refractivity contribution >= 4 is 12.0 Å². The first-order valence-corrected chi connectivity index (χ1v) is 9.98. The minimum atomic E-state index is -0.468. The zero-order valence-corrected chi connectivity index (χ0v) is 17.3. The molecule has 0 unspecified atom stereocenters. The van der Waals surface area contributed by atoms with Gasteiger partial charge in [-0.2, -0.15) is 0 Å². The summed E-state index contributed by atoms with van der Waals surface area (Å²) in [6, 6.07) is 9.60. The van der Waals surface area contributed by atoms with Gasteiger partial charge in [-0.05, 0) is 39.3 Å². The van der Waals surface area contributed by atoms with Gasteiger partial charge in [-0.15, -0.1) is 0 Å². The molecule has 156 valence electrons. The summed E-state index contributed by atoms with van der Waals surface area (Å²) in [6.07, 6.45) is 0.896. The summed E-state index contributed by atoms with van der Waals surface area (Å²) in [6.45, 7) is 10.4. The summed E-state index contributed by atoms with van der Waals surface area (Å²) in [4.78, 5) is 28.0. The van der Waals surface area contributed by atoms with Gasteiger partial charge in [0.1, 0.15) is 11.4 Å². The Morgan fingerprint density at radius 1 is 1.07 bits per heavy atom. The van der Waals surface area contributed by atoms with Gasteiger partial charge in [0.25, 0.3) is 0 Å². The molecule has 1 aromatic carbocycles. The van der Waals surface area contributed by atoms with Crippen molar-refractivity contribution < 1.29 is 19.1 Å². The molecule has 0 aromatic heterocycles. The largest absolute Gasteiger partial charge is 0.494 e. The zero-order chi connectivity index (χ0) is 20.4. The predicted molar refractivity (Wildman–Crippen MR) is 108 cm³/mol. The van der Waals surface area contributed by atoms with Crippen molar-refractivity contribution in [1.82, 2.24) is 15.1 Å². The van der Waals surface area contributed by atoms with Gasteiger partial charge in [-0.25, -0.2) is 4.79 Å². The molecule has 1 aliphatic heterocycles. The molecule has 1 aliphatic rings. The molecular formula is C21H33N3O4. The van der Waals surface area contributed by atoms with E-state index in [0.29, 0.717) is 39.1 Å². The van der Waals surface area contributed by atoms with Crippen LogP contribution in [0.1, 0.15) is 33.6 Å². The summed E-state index contributed by atoms with van der Waals surface area (Å²) in [5.74, 6) is 0.873. The highest BCUT2D eigenvalue weighted by Gasteiger charge is 2.25. The number of ether oxygens (including phenoxy) is 2. The van der Waals surface area contributed by atoms with Crippen LogP contribution in [-0.4, -0.2) is 73.3 Å². The molecule has 1 saturated heterocycles. The van der Waals surface area contributed by atoms with E-state index in [1.807, 2.05) is 51.1 Å². The normalized spacial score (nSPS) is 15.2. The molecule has 0 atom stereocenters. The third kappa shape index (κ3) is 8.61. The van der Waals surface area contributed by atoms with E-state index in [9.17, 15) is 9.59 Å². The molecule has 0 saturated carbocycles. The number of nitrogens with one attached hydrogen (secondary N) is 1. The van der Waals surface area contributed by atoms with Crippen molar-refractivity contribution in [3.63, 3.8) is 0 Å². The van der Waals surface area contributed by atoms with Gasteiger partial charge >= 0.3 is 6.09 Å². The maximum atomic E-state index is 12.1. The van der Waals surface area contributed by atoms with E-state index >= 15 is 0 Å². The van der Waals surface area contributed by atoms with Crippen LogP contribution in [0.25, 0.3) is 0 Å². The lowest BCUT2D eigenvalue weighted by atomic mass is 10.2. The Hall–Kier alpha value is -2.28. The molecule has 2 amide bonds. The van der Waals surface area contributed by atoms with Crippen LogP contribution < -0.4 is 10.1 Å². The van der Waals surface area contributed by atoms with Crippen molar-refractivity contribution in [3.05, 3.63) is 30.3 Å². The van der Waals surface area contributed by atoms with Crippen molar-refractivity contribution in [2.24, 2.45) is 0 Å². The average molecular weight is 392 g/mol. The van der Waals surface area contributed by atoms with Crippen molar-refractivity contribution in [2.45, 2.75) is 39.2 Å². The van der Waals surface area contributed by atoms with Gasteiger partial charge in [-0.1, -0.05) is 18.2 Å². The standard InChI is InChI=1S/C21H33N3O4/c1-21(2,3)28-20(26)24-15-13-23(14-16-24)12-11-22-19(25)10-7-17-27-18-8-5-4-6-9-18/h4-6,8-9H,7,10-17H2,1-3H3,(H,22,25). The van der Waals surface area contributed by atoms with Crippen LogP contribution in [0.4, 0.5) is 4.79 Å². The molecule has 7 heteroatoms. The van der Waals surface area contributed by atoms with Gasteiger partial charge in [0, 0.05) is 45.7 Å². The molecule has 7 nitrogen and oxygen atoms in total. The lowest BCUT2D eigenvalue weighted by Gasteiger charge is -2.35. The van der Waals surface area contributed by atoms with Crippen LogP contribution in [0, 0.1) is 0 Å². The molecule has 1 fully saturated rings. The Labute approximate surface area is 168 Å². The SMILES string of the molecule is CC(C)(C)OC(=O)N1CCN(CCNC(=O)CCCOc2ccccc2)CC1. The number of hydrogen-bond donors (Lipinski definition) is 1. The number of rotatable bonds is 8. The third-order valence-corrected chi connectivity index (χ3v) is 4.33. The van der Waals surface area contributed by atoms with Crippen LogP contribution in [0.2, 0.25) is 0 Å². The fraction of sp³-hybridized carbons (Fsp3) is 0.619. The number of benzene rings is 1. The Bertz CT molecular complexity index is 608. The minimum Gasteiger partial charge on any atom is -0.494 e. The van der Waals surface area contributed by atoms with E-state index in [-0.39, 0.29) is 12.0 Å². The fourth-order valence-corrected chi connectivity index (χ4v) is 2.86. The maximum absolute atomic E-state index is 12.1. The van der Waals surface area contributed by atoms with Gasteiger partial charge in [-0.3, -0.25) is 9.69 Å². The highest BCUT2D eigenvalue weighted by atomic mass is 16.6. The van der Waals surface area contributed by atoms with Gasteiger partial charge in [0.15, 0.2) is 0 Å². The molecule has 0 radical (unpaired) electrons. The van der Waals surface area contributed by atoms with E-state index in [1.54, 1.807) is 4.90 Å². The lowest BCUT2D eigenvalue weighted by Crippen LogP contribution is -2.51. The van der Waals surface area contributed by atoms with E-state index in [4.69, 9.17) is 9.47 Å². The molecule has 1 N–H and O–H groups in total. The lowest BCUT2D eigenvalue weighted by molar-refractivity contribution is -0.121. The Morgan fingerprint density at radius 3 is 2.39 bits per heavy atom. The number of para-hydroxylation sites is 1. The minimum absolute atomic E-state index is 0.0454. The van der Waals surface area contributed by atoms with Crippen LogP contribution in [0.5, 0.6) is 5.75 Å². The number of carbonyl (C=O) groups excluding carboxylic acids is 2. The topological polar surface area (TPSA) is 71.1 Å². The van der Waals surface area contributed by atoms with Crippen LogP contribution in [-0.2, 0) is 9.53 Å². The summed E-state index contributed by atoms with van der Waals surface area (Å²) in [5.41, 5.74) is -0.468. The monoisotopic (exact) mass is 391 g/mol. The van der Waals surface area contributed by atoms with E-state index in [0.717, 1.165) is 25.4 Å². The first-order valence-electron chi connectivity index (χ1n) is 9.98. The summed E-state index contributed by atoms with van der Waals surface area (Å²) >= 11 is 0. The van der Waals surface area contributed by atoms with Crippen molar-refractivity contribution in [2.75, 3.05) is 45.9 Å². The molecule has 1 aromatic rings. The second-order valence-electron chi connectivity index (χ2n) is 7.92. The summed E-state index contributed by atoms with van der Waals surface area (Å²) < 4.78 is 11.0. The predicted octanol–water partition coefficient (Wildman–Crippen LogP) is 2.51. The number of carbonyl (C=O) groups is 2. The van der Waals surface area contributed by atoms with Crippen molar-refractivity contribution in [1.29, 1.82) is 0 Å². The Kier molecular flexibility index (Phi) is 8.57. The highest BCUT2D eigenvalue weighted by Crippen LogP contribution is 2.12. The summed E-state index contributed by atoms with van der Waals surface area (Å²) in [7, 11) is 0. The van der Waals surface area contributed by atoms with E-state index in [2.05, 4.69) is 10.2 Å². The second kappa shape index (κ2) is 10.9. The highest BCUT2D eigenvalue weighted by molar-refractivity contribution is 5.75. The second-order valence-corrected chi connectivity index (χ2v) is 7.92. The molecule has 28 heavy (non-hydrogen) atoms. The number of hydrogen-bond acceptors (Lipinski definition) is 5. The van der Waals surface area contributed by atoms with Crippen LogP contribution >= 0.6 is 0 Å². The molecule has 0 spiro atoms. The molecule has 0 aliphatic carbocycles. The number of amides is 2. The molecular weight excluding hydrogens is 358 g/mol. The number of nitrogens with zero attached hydrogens (tertiary/aromatic N) is 2. The maximum Gasteiger partial charge on any atom is 0.410 e. The zero-order valence-electron chi connectivity index (χ0n) is 17.3. The summed E-state index contributed by atoms with van der Waals surface area (Å²) in [5, 5.41) is 2.95. The molecule has 0 bridgehead atoms. The first-order chi connectivity index (χ1) is 13.3. The Morgan fingerprint density at radius 2 is 1.75 bits per heavy atom. The quantitative estimate of drug-likeness (QED) is 0.690. The van der Waals surface area contributed by atoms with E-state index in [1.165, 1.54) is 0 Å². The van der Waals surface area contributed by atoms with Gasteiger partial charge in [0.2, 0.25) is 5.91 Å². The smallest absolute Gasteiger partial charge is 0.410 e. The fourth-order valence-electron chi connectivity index (χ4n) is 2.86. The van der Waals surface area contributed by atoms with Gasteiger partial charge < -0.3 is 19.7 Å². The first kappa shape index (κ1) is 22.0. The van der Waals surface area contributed by atoms with Crippen molar-refractivity contribution in [3.8, 4) is 5.75 Å². The van der Waals surface area contributed by atoms with Crippen LogP contribution in [0.3, 0.4) is 0 Å². The molecule has 2 rings (SSSR count). The Balaban J connectivity index is 1.51. The third-order valence-electron chi connectivity index (χ3n) is 4.33. The average Bonchev–Trinajstić information content (AvgIpc) is 2.65.